The van der Waals surface area contributed by atoms with Crippen LogP contribution in [0.5, 0.6) is 0 Å². The summed E-state index contributed by atoms with van der Waals surface area (Å²) < 4.78 is 4.52. The van der Waals surface area contributed by atoms with Crippen LogP contribution in [0, 0.1) is 0 Å². The van der Waals surface area contributed by atoms with Crippen molar-refractivity contribution in [2.45, 2.75) is 6.92 Å². The molecule has 0 aromatic carbocycles. The van der Waals surface area contributed by atoms with Gasteiger partial charge in [0.25, 0.3) is 5.91 Å². The van der Waals surface area contributed by atoms with E-state index in [2.05, 4.69) is 9.72 Å². The summed E-state index contributed by atoms with van der Waals surface area (Å²) >= 11 is 5.71. The third kappa shape index (κ3) is 3.33. The number of carbonyl (C=O) groups is 2. The van der Waals surface area contributed by atoms with E-state index in [4.69, 9.17) is 17.3 Å². The lowest BCUT2D eigenvalue weighted by molar-refractivity contribution is -0.141. The number of esters is 1. The number of anilines is 1. The maximum absolute atomic E-state index is 12.2. The van der Waals surface area contributed by atoms with Crippen molar-refractivity contribution < 1.29 is 14.3 Å². The maximum atomic E-state index is 12.2. The number of aromatic nitrogens is 1. The zero-order chi connectivity index (χ0) is 13.7. The first-order chi connectivity index (χ1) is 8.49. The Balaban J connectivity index is 2.96. The summed E-state index contributed by atoms with van der Waals surface area (Å²) in [5, 5.41) is 0.168. The van der Waals surface area contributed by atoms with Gasteiger partial charge in [-0.2, -0.15) is 0 Å². The van der Waals surface area contributed by atoms with Crippen molar-refractivity contribution in [2.75, 3.05) is 25.9 Å². The molecule has 0 unspecified atom stereocenters. The van der Waals surface area contributed by atoms with E-state index in [0.29, 0.717) is 6.54 Å². The van der Waals surface area contributed by atoms with Crippen LogP contribution in [0.3, 0.4) is 0 Å². The van der Waals surface area contributed by atoms with Crippen molar-refractivity contribution in [1.82, 2.24) is 9.88 Å². The van der Waals surface area contributed by atoms with E-state index in [-0.39, 0.29) is 28.9 Å². The van der Waals surface area contributed by atoms with Crippen molar-refractivity contribution >= 4 is 29.2 Å². The number of carbonyl (C=O) groups excluding carboxylic acids is 2. The summed E-state index contributed by atoms with van der Waals surface area (Å²) in [6.45, 7) is 1.97. The van der Waals surface area contributed by atoms with Crippen LogP contribution in [0.25, 0.3) is 0 Å². The molecule has 0 fully saturated rings. The number of nitrogens with zero attached hydrogens (tertiary/aromatic N) is 2. The van der Waals surface area contributed by atoms with Crippen LogP contribution in [-0.4, -0.2) is 42.0 Å². The molecule has 0 saturated heterocycles. The molecule has 7 heteroatoms. The quantitative estimate of drug-likeness (QED) is 0.651. The van der Waals surface area contributed by atoms with Gasteiger partial charge in [-0.1, -0.05) is 11.6 Å². The molecule has 1 rings (SSSR count). The van der Waals surface area contributed by atoms with Crippen molar-refractivity contribution in [3.05, 3.63) is 23.0 Å². The van der Waals surface area contributed by atoms with Crippen molar-refractivity contribution in [1.29, 1.82) is 0 Å². The molecule has 0 spiro atoms. The highest BCUT2D eigenvalue weighted by molar-refractivity contribution is 6.29. The predicted molar refractivity (Wildman–Crippen MR) is 67.3 cm³/mol. The SMILES string of the molecule is CCN(CC(=O)OC)C(=O)c1cc(Cl)ncc1N. The molecule has 1 amide bonds. The van der Waals surface area contributed by atoms with E-state index in [1.54, 1.807) is 6.92 Å². The molecule has 0 aliphatic rings. The second kappa shape index (κ2) is 6.20. The average molecular weight is 272 g/mol. The van der Waals surface area contributed by atoms with Crippen molar-refractivity contribution in [3.63, 3.8) is 0 Å². The number of rotatable bonds is 4. The Hall–Kier alpha value is -1.82. The molecule has 6 nitrogen and oxygen atoms in total. The highest BCUT2D eigenvalue weighted by Crippen LogP contribution is 2.17. The fourth-order valence-electron chi connectivity index (χ4n) is 1.34. The zero-order valence-corrected chi connectivity index (χ0v) is 10.9. The van der Waals surface area contributed by atoms with Gasteiger partial charge in [-0.15, -0.1) is 0 Å². The van der Waals surface area contributed by atoms with Gasteiger partial charge in [0.1, 0.15) is 11.7 Å². The van der Waals surface area contributed by atoms with E-state index in [1.165, 1.54) is 24.3 Å². The Bertz CT molecular complexity index is 465. The van der Waals surface area contributed by atoms with E-state index < -0.39 is 5.97 Å². The number of nitrogens with two attached hydrogens (primary N) is 1. The smallest absolute Gasteiger partial charge is 0.325 e. The van der Waals surface area contributed by atoms with Crippen LogP contribution in [0.4, 0.5) is 5.69 Å². The van der Waals surface area contributed by atoms with E-state index >= 15 is 0 Å². The number of likely N-dealkylation sites (N-methyl/N-ethyl adjacent to an activating group) is 1. The van der Waals surface area contributed by atoms with Crippen LogP contribution < -0.4 is 5.73 Å². The molecule has 2 N–H and O–H groups in total. The van der Waals surface area contributed by atoms with Gasteiger partial charge < -0.3 is 15.4 Å². The molecule has 1 aromatic heterocycles. The van der Waals surface area contributed by atoms with Gasteiger partial charge in [0.15, 0.2) is 0 Å². The standard InChI is InChI=1S/C11H14ClN3O3/c1-3-15(6-10(16)18-2)11(17)7-4-9(12)14-5-8(7)13/h4-5H,3,6,13H2,1-2H3. The molecule has 98 valence electrons. The van der Waals surface area contributed by atoms with Crippen LogP contribution in [0.15, 0.2) is 12.3 Å². The molecular weight excluding hydrogens is 258 g/mol. The van der Waals surface area contributed by atoms with Gasteiger partial charge in [-0.3, -0.25) is 9.59 Å². The largest absolute Gasteiger partial charge is 0.468 e. The first kappa shape index (κ1) is 14.2. The predicted octanol–water partition coefficient (Wildman–Crippen LogP) is 0.952. The third-order valence-electron chi connectivity index (χ3n) is 2.35. The van der Waals surface area contributed by atoms with Crippen LogP contribution in [0.2, 0.25) is 5.15 Å². The van der Waals surface area contributed by atoms with Crippen LogP contribution in [0.1, 0.15) is 17.3 Å². The fourth-order valence-corrected chi connectivity index (χ4v) is 1.50. The number of halogens is 1. The average Bonchev–Trinajstić information content (AvgIpc) is 2.37. The Morgan fingerprint density at radius 2 is 2.22 bits per heavy atom. The Morgan fingerprint density at radius 1 is 1.56 bits per heavy atom. The minimum absolute atomic E-state index is 0.134. The summed E-state index contributed by atoms with van der Waals surface area (Å²) in [7, 11) is 1.26. The summed E-state index contributed by atoms with van der Waals surface area (Å²) in [5.74, 6) is -0.881. The Labute approximate surface area is 110 Å². The monoisotopic (exact) mass is 271 g/mol. The van der Waals surface area contributed by atoms with Gasteiger partial charge in [0.05, 0.1) is 24.6 Å². The lowest BCUT2D eigenvalue weighted by Crippen LogP contribution is -2.36. The lowest BCUT2D eigenvalue weighted by Gasteiger charge is -2.20. The summed E-state index contributed by atoms with van der Waals surface area (Å²) in [4.78, 5) is 28.4. The summed E-state index contributed by atoms with van der Waals surface area (Å²) in [6, 6.07) is 1.37. The number of ether oxygens (including phenoxy) is 1. The zero-order valence-electron chi connectivity index (χ0n) is 10.1. The van der Waals surface area contributed by atoms with E-state index in [9.17, 15) is 9.59 Å². The first-order valence-electron chi connectivity index (χ1n) is 5.26. The number of amides is 1. The maximum Gasteiger partial charge on any atom is 0.325 e. The number of nitrogen functional groups attached to an aromatic ring is 1. The summed E-state index contributed by atoms with van der Waals surface area (Å²) in [5.41, 5.74) is 6.10. The van der Waals surface area contributed by atoms with E-state index in [1.807, 2.05) is 0 Å². The fraction of sp³-hybridized carbons (Fsp3) is 0.364. The molecule has 0 bridgehead atoms. The Morgan fingerprint density at radius 3 is 2.78 bits per heavy atom. The Kier molecular flexibility index (Phi) is 4.91. The number of hydrogen-bond acceptors (Lipinski definition) is 5. The second-order valence-electron chi connectivity index (χ2n) is 3.49. The molecule has 0 saturated carbocycles. The van der Waals surface area contributed by atoms with Crippen molar-refractivity contribution in [2.24, 2.45) is 0 Å². The number of hydrogen-bond donors (Lipinski definition) is 1. The highest BCUT2D eigenvalue weighted by Gasteiger charge is 2.20. The molecule has 0 aliphatic carbocycles. The highest BCUT2D eigenvalue weighted by atomic mass is 35.5. The third-order valence-corrected chi connectivity index (χ3v) is 2.56. The number of pyridine rings is 1. The molecule has 0 radical (unpaired) electrons. The lowest BCUT2D eigenvalue weighted by atomic mass is 10.2. The minimum atomic E-state index is -0.496. The molecular formula is C11H14ClN3O3. The minimum Gasteiger partial charge on any atom is -0.468 e. The van der Waals surface area contributed by atoms with Gasteiger partial charge in [0, 0.05) is 6.54 Å². The van der Waals surface area contributed by atoms with Gasteiger partial charge in [0.2, 0.25) is 0 Å². The normalized spacial score (nSPS) is 9.94. The van der Waals surface area contributed by atoms with Gasteiger partial charge in [-0.05, 0) is 13.0 Å². The van der Waals surface area contributed by atoms with Crippen LogP contribution in [-0.2, 0) is 9.53 Å². The molecule has 1 heterocycles. The second-order valence-corrected chi connectivity index (χ2v) is 3.88. The molecule has 0 aliphatic heterocycles. The number of methoxy groups -OCH3 is 1. The topological polar surface area (TPSA) is 85.5 Å². The van der Waals surface area contributed by atoms with Crippen LogP contribution >= 0.6 is 11.6 Å². The van der Waals surface area contributed by atoms with Gasteiger partial charge in [-0.25, -0.2) is 4.98 Å². The molecule has 0 atom stereocenters. The first-order valence-corrected chi connectivity index (χ1v) is 5.64. The van der Waals surface area contributed by atoms with Crippen molar-refractivity contribution in [3.8, 4) is 0 Å². The molecule has 1 aromatic rings. The molecule has 18 heavy (non-hydrogen) atoms. The van der Waals surface area contributed by atoms with Gasteiger partial charge >= 0.3 is 5.97 Å². The summed E-state index contributed by atoms with van der Waals surface area (Å²) in [6.07, 6.45) is 1.31. The van der Waals surface area contributed by atoms with E-state index in [0.717, 1.165) is 0 Å².